The fourth-order valence-electron chi connectivity index (χ4n) is 9.75. The Morgan fingerprint density at radius 1 is 0.329 bits per heavy atom. The summed E-state index contributed by atoms with van der Waals surface area (Å²) in [4.78, 5) is 12.5. The maximum Gasteiger partial charge on any atom is 0.220 e. The van der Waals surface area contributed by atoms with E-state index in [9.17, 15) is 15.0 Å². The molecule has 0 heterocycles. The number of aliphatic hydroxyl groups is 2. The normalized spacial score (nSPS) is 13.5. The molecule has 0 fully saturated rings. The van der Waals surface area contributed by atoms with Crippen LogP contribution >= 0.6 is 0 Å². The first kappa shape index (κ1) is 73.0. The van der Waals surface area contributed by atoms with Crippen LogP contribution in [-0.4, -0.2) is 34.9 Å². The zero-order valence-electron chi connectivity index (χ0n) is 50.5. The Balaban J connectivity index is 3.53. The van der Waals surface area contributed by atoms with Crippen molar-refractivity contribution in [3.05, 3.63) is 109 Å². The molecule has 0 radical (unpaired) electrons. The third-order valence-corrected chi connectivity index (χ3v) is 14.7. The van der Waals surface area contributed by atoms with E-state index in [-0.39, 0.29) is 12.5 Å². The third kappa shape index (κ3) is 61.9. The molecule has 0 bridgehead atoms. The van der Waals surface area contributed by atoms with Crippen LogP contribution in [-0.2, 0) is 4.79 Å². The molecule has 0 aliphatic heterocycles. The Morgan fingerprint density at radius 2 is 0.592 bits per heavy atom. The van der Waals surface area contributed by atoms with Gasteiger partial charge >= 0.3 is 0 Å². The highest BCUT2D eigenvalue weighted by Gasteiger charge is 2.18. The number of allylic oxidation sites excluding steroid dienone is 17. The second kappa shape index (κ2) is 66.3. The van der Waals surface area contributed by atoms with E-state index in [0.29, 0.717) is 6.42 Å². The van der Waals surface area contributed by atoms with E-state index < -0.39 is 12.1 Å². The van der Waals surface area contributed by atoms with Gasteiger partial charge in [-0.2, -0.15) is 0 Å². The van der Waals surface area contributed by atoms with Crippen molar-refractivity contribution >= 4 is 5.91 Å². The van der Waals surface area contributed by atoms with Gasteiger partial charge in [-0.15, -0.1) is 0 Å². The SMILES string of the molecule is CC/C=C\C/C=C\C/C=C\C/C=C\C/C=C\C/C=C\CCCCCCCCCCCCCCCCCCCCC(=O)NC(CO)C(O)/C=C/CC/C=C/CC/C=C/CCCCCCCCCCCCCCCCCCC. The first-order chi connectivity index (χ1) is 37.7. The van der Waals surface area contributed by atoms with Gasteiger partial charge in [0.05, 0.1) is 18.8 Å². The van der Waals surface area contributed by atoms with E-state index in [1.165, 1.54) is 225 Å². The Bertz CT molecular complexity index is 1430. The van der Waals surface area contributed by atoms with Crippen LogP contribution in [0.25, 0.3) is 0 Å². The highest BCUT2D eigenvalue weighted by Crippen LogP contribution is 2.17. The molecule has 438 valence electrons. The smallest absolute Gasteiger partial charge is 0.220 e. The first-order valence-electron chi connectivity index (χ1n) is 33.1. The maximum absolute atomic E-state index is 12.5. The van der Waals surface area contributed by atoms with Crippen LogP contribution in [0.3, 0.4) is 0 Å². The Morgan fingerprint density at radius 3 is 0.921 bits per heavy atom. The third-order valence-electron chi connectivity index (χ3n) is 14.7. The average molecular weight is 1050 g/mol. The van der Waals surface area contributed by atoms with Gasteiger partial charge in [0, 0.05) is 6.42 Å². The zero-order chi connectivity index (χ0) is 54.8. The highest BCUT2D eigenvalue weighted by atomic mass is 16.3. The Kier molecular flexibility index (Phi) is 63.8. The van der Waals surface area contributed by atoms with Gasteiger partial charge in [0.15, 0.2) is 0 Å². The van der Waals surface area contributed by atoms with Gasteiger partial charge in [-0.05, 0) is 96.3 Å². The second-order valence-corrected chi connectivity index (χ2v) is 22.1. The van der Waals surface area contributed by atoms with Crippen LogP contribution in [0.1, 0.15) is 322 Å². The molecule has 4 heteroatoms. The van der Waals surface area contributed by atoms with Crippen LogP contribution in [0.15, 0.2) is 109 Å². The molecule has 0 aromatic heterocycles. The largest absolute Gasteiger partial charge is 0.394 e. The van der Waals surface area contributed by atoms with Gasteiger partial charge in [-0.1, -0.05) is 329 Å². The topological polar surface area (TPSA) is 69.6 Å². The average Bonchev–Trinajstić information content (AvgIpc) is 3.42. The summed E-state index contributed by atoms with van der Waals surface area (Å²) in [6.07, 6.45) is 100. The summed E-state index contributed by atoms with van der Waals surface area (Å²) in [7, 11) is 0. The summed E-state index contributed by atoms with van der Waals surface area (Å²) in [5, 5.41) is 23.2. The molecule has 1 amide bonds. The van der Waals surface area contributed by atoms with Crippen molar-refractivity contribution < 1.29 is 15.0 Å². The van der Waals surface area contributed by atoms with Crippen molar-refractivity contribution in [1.29, 1.82) is 0 Å². The van der Waals surface area contributed by atoms with Crippen molar-refractivity contribution in [1.82, 2.24) is 5.32 Å². The summed E-state index contributed by atoms with van der Waals surface area (Å²) < 4.78 is 0. The zero-order valence-corrected chi connectivity index (χ0v) is 50.5. The Labute approximate surface area is 474 Å². The van der Waals surface area contributed by atoms with E-state index in [0.717, 1.165) is 77.0 Å². The predicted molar refractivity (Wildman–Crippen MR) is 340 cm³/mol. The predicted octanol–water partition coefficient (Wildman–Crippen LogP) is 22.6. The number of aliphatic hydroxyl groups excluding tert-OH is 2. The van der Waals surface area contributed by atoms with Gasteiger partial charge in [0.1, 0.15) is 0 Å². The van der Waals surface area contributed by atoms with E-state index in [1.54, 1.807) is 6.08 Å². The quantitative estimate of drug-likeness (QED) is 0.0420. The minimum atomic E-state index is -0.876. The minimum Gasteiger partial charge on any atom is -0.394 e. The van der Waals surface area contributed by atoms with Crippen LogP contribution in [0.2, 0.25) is 0 Å². The van der Waals surface area contributed by atoms with Gasteiger partial charge in [0.2, 0.25) is 5.91 Å². The van der Waals surface area contributed by atoms with E-state index >= 15 is 0 Å². The molecule has 0 aromatic carbocycles. The fourth-order valence-corrected chi connectivity index (χ4v) is 9.75. The number of amides is 1. The number of carbonyl (C=O) groups is 1. The number of rotatable bonds is 60. The molecule has 0 saturated heterocycles. The van der Waals surface area contributed by atoms with Crippen LogP contribution in [0.4, 0.5) is 0 Å². The van der Waals surface area contributed by atoms with Gasteiger partial charge in [-0.25, -0.2) is 0 Å². The minimum absolute atomic E-state index is 0.0767. The molecule has 0 saturated carbocycles. The molecule has 2 atom stereocenters. The van der Waals surface area contributed by atoms with Crippen molar-refractivity contribution in [3.8, 4) is 0 Å². The summed E-state index contributed by atoms with van der Waals surface area (Å²) in [6.45, 7) is 4.20. The standard InChI is InChI=1S/C72H127NO3/c1-3-5-7-9-11-13-15-17-19-21-23-25-27-29-31-32-33-34-35-36-37-38-39-40-42-44-46-48-50-52-54-56-58-60-62-64-66-68-72(76)73-70(69-74)71(75)67-65-63-61-59-57-55-53-51-49-47-45-43-41-30-28-26-24-22-20-18-16-14-12-10-8-6-4-2/h5,7,11,13,17,19,23,25,29,31,33-34,49,51,57,59,65,67,70-71,74-75H,3-4,6,8-10,12,14-16,18,20-22,24,26-28,30,32,35-48,50,52-56,58,60-64,66,68-69H2,1-2H3,(H,73,76)/b7-5-,13-11-,19-17-,25-23-,31-29-,34-33-,51-49+,59-57+,67-65+. The molecule has 0 rings (SSSR count). The summed E-state index contributed by atoms with van der Waals surface area (Å²) in [5.74, 6) is -0.0767. The monoisotopic (exact) mass is 1050 g/mol. The lowest BCUT2D eigenvalue weighted by Gasteiger charge is -2.19. The van der Waals surface area contributed by atoms with E-state index in [2.05, 4.69) is 116 Å². The molecule has 76 heavy (non-hydrogen) atoms. The van der Waals surface area contributed by atoms with Crippen molar-refractivity contribution in [2.45, 2.75) is 334 Å². The molecule has 0 spiro atoms. The highest BCUT2D eigenvalue weighted by molar-refractivity contribution is 5.76. The number of carbonyl (C=O) groups excluding carboxylic acids is 1. The van der Waals surface area contributed by atoms with Crippen molar-refractivity contribution in [3.63, 3.8) is 0 Å². The van der Waals surface area contributed by atoms with Crippen molar-refractivity contribution in [2.24, 2.45) is 0 Å². The second-order valence-electron chi connectivity index (χ2n) is 22.1. The lowest BCUT2D eigenvalue weighted by Crippen LogP contribution is -2.45. The molecule has 0 aliphatic carbocycles. The number of hydrogen-bond donors (Lipinski definition) is 3. The fraction of sp³-hybridized carbons (Fsp3) is 0.736. The molecule has 0 aromatic rings. The number of hydrogen-bond acceptors (Lipinski definition) is 3. The van der Waals surface area contributed by atoms with E-state index in [1.807, 2.05) is 6.08 Å². The van der Waals surface area contributed by atoms with Crippen LogP contribution in [0, 0.1) is 0 Å². The lowest BCUT2D eigenvalue weighted by molar-refractivity contribution is -0.123. The molecule has 4 nitrogen and oxygen atoms in total. The summed E-state index contributed by atoms with van der Waals surface area (Å²) in [5.41, 5.74) is 0. The molecule has 0 aliphatic rings. The van der Waals surface area contributed by atoms with Gasteiger partial charge in [-0.3, -0.25) is 4.79 Å². The number of nitrogens with one attached hydrogen (secondary N) is 1. The number of unbranched alkanes of at least 4 members (excludes halogenated alkanes) is 37. The molecular weight excluding hydrogens is 927 g/mol. The summed E-state index contributed by atoms with van der Waals surface area (Å²) >= 11 is 0. The van der Waals surface area contributed by atoms with E-state index in [4.69, 9.17) is 0 Å². The van der Waals surface area contributed by atoms with Crippen molar-refractivity contribution in [2.75, 3.05) is 6.61 Å². The molecular formula is C72H127NO3. The lowest BCUT2D eigenvalue weighted by atomic mass is 10.0. The van der Waals surface area contributed by atoms with Crippen LogP contribution < -0.4 is 5.32 Å². The van der Waals surface area contributed by atoms with Crippen LogP contribution in [0.5, 0.6) is 0 Å². The maximum atomic E-state index is 12.5. The van der Waals surface area contributed by atoms with Gasteiger partial charge in [0.25, 0.3) is 0 Å². The molecule has 2 unspecified atom stereocenters. The summed E-state index contributed by atoms with van der Waals surface area (Å²) in [6, 6.07) is -0.652. The Hall–Kier alpha value is -2.95. The molecule has 3 N–H and O–H groups in total. The van der Waals surface area contributed by atoms with Gasteiger partial charge < -0.3 is 15.5 Å². The first-order valence-corrected chi connectivity index (χ1v) is 33.1.